The van der Waals surface area contributed by atoms with Crippen molar-refractivity contribution in [1.82, 2.24) is 15.4 Å². The van der Waals surface area contributed by atoms with Crippen molar-refractivity contribution in [1.29, 1.82) is 0 Å². The number of likely N-dealkylation sites (N-methyl/N-ethyl adjacent to an activating group) is 1. The summed E-state index contributed by atoms with van der Waals surface area (Å²) in [6.07, 6.45) is 3.72. The molecule has 0 aromatic heterocycles. The van der Waals surface area contributed by atoms with Gasteiger partial charge in [-0.3, -0.25) is 4.79 Å². The Kier molecular flexibility index (Phi) is 8.82. The van der Waals surface area contributed by atoms with Crippen molar-refractivity contribution in [3.05, 3.63) is 23.8 Å². The molecule has 9 heteroatoms. The standard InChI is InChI=1S/C17H27N3O4S.ClH/c1-12(18-2)11-19-17(21)13-8-9-15(24-3)16(10-13)25(22,23)20-14-6-4-5-7-14;/h8-10,12,14,18,20H,4-7,11H2,1-3H3,(H,19,21);1H. The average Bonchev–Trinajstić information content (AvgIpc) is 3.10. The van der Waals surface area contributed by atoms with E-state index in [0.29, 0.717) is 6.54 Å². The first kappa shape index (κ1) is 22.7. The maximum Gasteiger partial charge on any atom is 0.251 e. The maximum atomic E-state index is 12.7. The highest BCUT2D eigenvalue weighted by atomic mass is 35.5. The Balaban J connectivity index is 0.00000338. The van der Waals surface area contributed by atoms with Gasteiger partial charge in [0, 0.05) is 24.2 Å². The SMILES string of the molecule is CNC(C)CNC(=O)c1ccc(OC)c(S(=O)(=O)NC2CCCC2)c1.Cl. The molecule has 2 rings (SSSR count). The van der Waals surface area contributed by atoms with Gasteiger partial charge >= 0.3 is 0 Å². The third kappa shape index (κ3) is 5.84. The summed E-state index contributed by atoms with van der Waals surface area (Å²) < 4.78 is 33.4. The molecule has 1 atom stereocenters. The molecule has 0 aliphatic heterocycles. The number of halogens is 1. The molecule has 7 nitrogen and oxygen atoms in total. The van der Waals surface area contributed by atoms with Gasteiger partial charge in [-0.15, -0.1) is 12.4 Å². The molecule has 3 N–H and O–H groups in total. The van der Waals surface area contributed by atoms with Gasteiger partial charge in [0.25, 0.3) is 5.91 Å². The van der Waals surface area contributed by atoms with Crippen LogP contribution in [-0.2, 0) is 10.0 Å². The summed E-state index contributed by atoms with van der Waals surface area (Å²) in [7, 11) is -0.522. The lowest BCUT2D eigenvalue weighted by Crippen LogP contribution is -2.37. The minimum Gasteiger partial charge on any atom is -0.495 e. The lowest BCUT2D eigenvalue weighted by molar-refractivity contribution is 0.0950. The van der Waals surface area contributed by atoms with E-state index < -0.39 is 10.0 Å². The summed E-state index contributed by atoms with van der Waals surface area (Å²) in [4.78, 5) is 12.3. The molecule has 1 fully saturated rings. The first-order valence-corrected chi connectivity index (χ1v) is 10.0. The van der Waals surface area contributed by atoms with Crippen LogP contribution in [0.2, 0.25) is 0 Å². The topological polar surface area (TPSA) is 96.5 Å². The number of methoxy groups -OCH3 is 1. The van der Waals surface area contributed by atoms with Crippen LogP contribution in [0, 0.1) is 0 Å². The molecule has 1 amide bonds. The van der Waals surface area contributed by atoms with Crippen LogP contribution in [0.25, 0.3) is 0 Å². The highest BCUT2D eigenvalue weighted by Gasteiger charge is 2.26. The summed E-state index contributed by atoms with van der Waals surface area (Å²) >= 11 is 0. The number of amides is 1. The Labute approximate surface area is 161 Å². The molecule has 0 bridgehead atoms. The van der Waals surface area contributed by atoms with Gasteiger partial charge in [0.15, 0.2) is 0 Å². The molecule has 1 aromatic rings. The lowest BCUT2D eigenvalue weighted by Gasteiger charge is -2.16. The zero-order chi connectivity index (χ0) is 18.4. The third-order valence-electron chi connectivity index (χ3n) is 4.45. The first-order valence-electron chi connectivity index (χ1n) is 8.53. The van der Waals surface area contributed by atoms with Crippen molar-refractivity contribution in [3.8, 4) is 5.75 Å². The van der Waals surface area contributed by atoms with Gasteiger partial charge in [0.2, 0.25) is 10.0 Å². The van der Waals surface area contributed by atoms with E-state index in [1.54, 1.807) is 6.07 Å². The number of hydrogen-bond donors (Lipinski definition) is 3. The lowest BCUT2D eigenvalue weighted by atomic mass is 10.2. The van der Waals surface area contributed by atoms with Crippen molar-refractivity contribution in [3.63, 3.8) is 0 Å². The van der Waals surface area contributed by atoms with E-state index in [0.717, 1.165) is 25.7 Å². The summed E-state index contributed by atoms with van der Waals surface area (Å²) in [6, 6.07) is 4.51. The fourth-order valence-corrected chi connectivity index (χ4v) is 4.30. The highest BCUT2D eigenvalue weighted by Crippen LogP contribution is 2.27. The molecule has 0 heterocycles. The Hall–Kier alpha value is -1.35. The van der Waals surface area contributed by atoms with Crippen LogP contribution in [0.4, 0.5) is 0 Å². The number of rotatable bonds is 8. The van der Waals surface area contributed by atoms with E-state index in [4.69, 9.17) is 4.74 Å². The smallest absolute Gasteiger partial charge is 0.251 e. The van der Waals surface area contributed by atoms with E-state index in [-0.39, 0.29) is 46.6 Å². The van der Waals surface area contributed by atoms with Crippen LogP contribution in [-0.4, -0.2) is 47.1 Å². The fraction of sp³-hybridized carbons (Fsp3) is 0.588. The number of carbonyl (C=O) groups is 1. The van der Waals surface area contributed by atoms with E-state index in [9.17, 15) is 13.2 Å². The van der Waals surface area contributed by atoms with Gasteiger partial charge in [-0.25, -0.2) is 13.1 Å². The van der Waals surface area contributed by atoms with E-state index >= 15 is 0 Å². The summed E-state index contributed by atoms with van der Waals surface area (Å²) in [5.41, 5.74) is 0.288. The molecule has 1 aliphatic carbocycles. The molecule has 26 heavy (non-hydrogen) atoms. The molecular weight excluding hydrogens is 378 g/mol. The van der Waals surface area contributed by atoms with Crippen molar-refractivity contribution in [2.24, 2.45) is 0 Å². The number of sulfonamides is 1. The van der Waals surface area contributed by atoms with Gasteiger partial charge in [-0.2, -0.15) is 0 Å². The summed E-state index contributed by atoms with van der Waals surface area (Å²) in [6.45, 7) is 2.39. The van der Waals surface area contributed by atoms with Gasteiger partial charge < -0.3 is 15.4 Å². The van der Waals surface area contributed by atoms with E-state index in [1.165, 1.54) is 19.2 Å². The van der Waals surface area contributed by atoms with Crippen LogP contribution in [0.1, 0.15) is 43.0 Å². The third-order valence-corrected chi connectivity index (χ3v) is 6.00. The quantitative estimate of drug-likeness (QED) is 0.611. The molecule has 1 aromatic carbocycles. The molecule has 0 spiro atoms. The van der Waals surface area contributed by atoms with Crippen molar-refractivity contribution >= 4 is 28.3 Å². The molecular formula is C17H28ClN3O4S. The first-order chi connectivity index (χ1) is 11.9. The van der Waals surface area contributed by atoms with Crippen molar-refractivity contribution in [2.45, 2.75) is 49.6 Å². The molecule has 1 aliphatic rings. The molecule has 0 radical (unpaired) electrons. The fourth-order valence-electron chi connectivity index (χ4n) is 2.80. The van der Waals surface area contributed by atoms with Gasteiger partial charge in [-0.1, -0.05) is 12.8 Å². The Morgan fingerprint density at radius 1 is 1.31 bits per heavy atom. The second-order valence-electron chi connectivity index (χ2n) is 6.37. The normalized spacial score (nSPS) is 16.0. The van der Waals surface area contributed by atoms with Crippen molar-refractivity contribution < 1.29 is 17.9 Å². The van der Waals surface area contributed by atoms with Crippen LogP contribution < -0.4 is 20.1 Å². The second kappa shape index (κ2) is 10.1. The Bertz CT molecular complexity index is 706. The summed E-state index contributed by atoms with van der Waals surface area (Å²) in [5, 5.41) is 5.81. The largest absolute Gasteiger partial charge is 0.495 e. The average molecular weight is 406 g/mol. The number of nitrogens with one attached hydrogen (secondary N) is 3. The van der Waals surface area contributed by atoms with Crippen LogP contribution in [0.5, 0.6) is 5.75 Å². The predicted molar refractivity (Wildman–Crippen MR) is 104 cm³/mol. The maximum absolute atomic E-state index is 12.7. The summed E-state index contributed by atoms with van der Waals surface area (Å²) in [5.74, 6) is -0.0901. The zero-order valence-electron chi connectivity index (χ0n) is 15.4. The molecule has 1 unspecified atom stereocenters. The minimum absolute atomic E-state index is 0. The number of benzene rings is 1. The predicted octanol–water partition coefficient (Wildman–Crippen LogP) is 1.68. The highest BCUT2D eigenvalue weighted by molar-refractivity contribution is 7.89. The van der Waals surface area contributed by atoms with E-state index in [2.05, 4.69) is 15.4 Å². The number of hydrogen-bond acceptors (Lipinski definition) is 5. The van der Waals surface area contributed by atoms with Crippen LogP contribution in [0.3, 0.4) is 0 Å². The van der Waals surface area contributed by atoms with Crippen LogP contribution >= 0.6 is 12.4 Å². The van der Waals surface area contributed by atoms with Crippen LogP contribution in [0.15, 0.2) is 23.1 Å². The van der Waals surface area contributed by atoms with Gasteiger partial charge in [0.05, 0.1) is 7.11 Å². The van der Waals surface area contributed by atoms with E-state index in [1.807, 2.05) is 14.0 Å². The minimum atomic E-state index is -3.75. The molecule has 148 valence electrons. The zero-order valence-corrected chi connectivity index (χ0v) is 17.0. The molecule has 1 saturated carbocycles. The van der Waals surface area contributed by atoms with Gasteiger partial charge in [0.1, 0.15) is 10.6 Å². The number of carbonyl (C=O) groups excluding carboxylic acids is 1. The number of ether oxygens (including phenoxy) is 1. The Morgan fingerprint density at radius 2 is 1.96 bits per heavy atom. The van der Waals surface area contributed by atoms with Crippen molar-refractivity contribution in [2.75, 3.05) is 20.7 Å². The monoisotopic (exact) mass is 405 g/mol. The second-order valence-corrected chi connectivity index (χ2v) is 8.05. The Morgan fingerprint density at radius 3 is 2.54 bits per heavy atom. The molecule has 0 saturated heterocycles. The van der Waals surface area contributed by atoms with Gasteiger partial charge in [-0.05, 0) is 45.0 Å².